The maximum atomic E-state index is 12.5. The Kier molecular flexibility index (Phi) is 5.25. The highest BCUT2D eigenvalue weighted by Gasteiger charge is 2.34. The first-order valence-corrected chi connectivity index (χ1v) is 4.44. The van der Waals surface area contributed by atoms with Crippen LogP contribution in [0.4, 0.5) is 13.2 Å². The Morgan fingerprint density at radius 3 is 2.19 bits per heavy atom. The lowest BCUT2D eigenvalue weighted by atomic mass is 9.97. The second kappa shape index (κ2) is 5.52. The van der Waals surface area contributed by atoms with Crippen LogP contribution in [-0.2, 0) is 6.18 Å². The van der Waals surface area contributed by atoms with Crippen molar-refractivity contribution < 1.29 is 18.3 Å². The van der Waals surface area contributed by atoms with Gasteiger partial charge in [-0.15, -0.1) is 12.4 Å². The summed E-state index contributed by atoms with van der Waals surface area (Å²) in [5.74, 6) is 0. The number of aliphatic hydroxyl groups is 1. The van der Waals surface area contributed by atoms with Crippen LogP contribution in [-0.4, -0.2) is 11.2 Å². The molecule has 0 bridgehead atoms. The second-order valence-electron chi connectivity index (χ2n) is 3.35. The summed E-state index contributed by atoms with van der Waals surface area (Å²) < 4.78 is 37.6. The van der Waals surface area contributed by atoms with Crippen molar-refractivity contribution in [2.45, 2.75) is 25.2 Å². The van der Waals surface area contributed by atoms with Crippen LogP contribution in [0, 0.1) is 0 Å². The summed E-state index contributed by atoms with van der Waals surface area (Å²) in [5, 5.41) is 9.17. The summed E-state index contributed by atoms with van der Waals surface area (Å²) in [4.78, 5) is 0. The number of hydrogen-bond donors (Lipinski definition) is 2. The number of aliphatic hydroxyl groups excluding tert-OH is 1. The summed E-state index contributed by atoms with van der Waals surface area (Å²) in [6, 6.07) is 3.97. The summed E-state index contributed by atoms with van der Waals surface area (Å²) in [6.07, 6.45) is -5.46. The predicted octanol–water partition coefficient (Wildman–Crippen LogP) is 2.51. The third-order valence-corrected chi connectivity index (χ3v) is 2.15. The van der Waals surface area contributed by atoms with Gasteiger partial charge in [0, 0.05) is 0 Å². The fraction of sp³-hybridized carbons (Fsp3) is 0.400. The molecular formula is C10H13ClF3NO. The molecule has 0 aromatic heterocycles. The third-order valence-electron chi connectivity index (χ3n) is 2.15. The van der Waals surface area contributed by atoms with Gasteiger partial charge in [-0.05, 0) is 18.6 Å². The normalized spacial score (nSPS) is 15.1. The van der Waals surface area contributed by atoms with Crippen molar-refractivity contribution in [3.63, 3.8) is 0 Å². The van der Waals surface area contributed by atoms with Crippen LogP contribution in [0.2, 0.25) is 0 Å². The van der Waals surface area contributed by atoms with Crippen molar-refractivity contribution in [2.24, 2.45) is 5.73 Å². The van der Waals surface area contributed by atoms with E-state index < -0.39 is 23.9 Å². The molecule has 1 aromatic carbocycles. The minimum Gasteiger partial charge on any atom is -0.391 e. The summed E-state index contributed by atoms with van der Waals surface area (Å²) in [7, 11) is 0. The topological polar surface area (TPSA) is 46.2 Å². The molecule has 2 atom stereocenters. The number of hydrogen-bond acceptors (Lipinski definition) is 2. The van der Waals surface area contributed by atoms with Crippen LogP contribution < -0.4 is 5.73 Å². The molecule has 0 radical (unpaired) electrons. The zero-order chi connectivity index (χ0) is 11.6. The SMILES string of the molecule is C[C@@H](O)[C@@H](N)c1ccccc1C(F)(F)F.Cl. The third kappa shape index (κ3) is 3.37. The number of halogens is 4. The Morgan fingerprint density at radius 2 is 1.75 bits per heavy atom. The fourth-order valence-corrected chi connectivity index (χ4v) is 1.31. The molecule has 92 valence electrons. The zero-order valence-corrected chi connectivity index (χ0v) is 9.35. The Hall–Kier alpha value is -0.780. The van der Waals surface area contributed by atoms with E-state index in [1.807, 2.05) is 0 Å². The van der Waals surface area contributed by atoms with E-state index in [2.05, 4.69) is 0 Å². The van der Waals surface area contributed by atoms with Crippen LogP contribution in [0.1, 0.15) is 24.1 Å². The van der Waals surface area contributed by atoms with Crippen LogP contribution in [0.5, 0.6) is 0 Å². The Bertz CT molecular complexity index is 341. The van der Waals surface area contributed by atoms with E-state index in [-0.39, 0.29) is 18.0 Å². The lowest BCUT2D eigenvalue weighted by molar-refractivity contribution is -0.138. The van der Waals surface area contributed by atoms with E-state index in [9.17, 15) is 18.3 Å². The minimum absolute atomic E-state index is 0. The fourth-order valence-electron chi connectivity index (χ4n) is 1.31. The van der Waals surface area contributed by atoms with Gasteiger partial charge in [-0.25, -0.2) is 0 Å². The first-order chi connectivity index (χ1) is 6.84. The van der Waals surface area contributed by atoms with Crippen molar-refractivity contribution >= 4 is 12.4 Å². The molecule has 0 heterocycles. The van der Waals surface area contributed by atoms with Gasteiger partial charge in [-0.1, -0.05) is 18.2 Å². The van der Waals surface area contributed by atoms with E-state index in [0.29, 0.717) is 0 Å². The van der Waals surface area contributed by atoms with E-state index in [1.54, 1.807) is 0 Å². The average Bonchev–Trinajstić information content (AvgIpc) is 2.15. The smallest absolute Gasteiger partial charge is 0.391 e. The molecular weight excluding hydrogens is 243 g/mol. The van der Waals surface area contributed by atoms with Gasteiger partial charge in [0.1, 0.15) is 0 Å². The minimum atomic E-state index is -4.44. The van der Waals surface area contributed by atoms with Crippen LogP contribution in [0.15, 0.2) is 24.3 Å². The maximum absolute atomic E-state index is 12.5. The van der Waals surface area contributed by atoms with Crippen LogP contribution in [0.3, 0.4) is 0 Å². The number of benzene rings is 1. The van der Waals surface area contributed by atoms with Crippen LogP contribution in [0.25, 0.3) is 0 Å². The summed E-state index contributed by atoms with van der Waals surface area (Å²) in [6.45, 7) is 1.36. The van der Waals surface area contributed by atoms with Crippen molar-refractivity contribution in [2.75, 3.05) is 0 Å². The lowest BCUT2D eigenvalue weighted by Gasteiger charge is -2.20. The molecule has 1 aromatic rings. The number of rotatable bonds is 2. The first kappa shape index (κ1) is 15.2. The molecule has 0 fully saturated rings. The van der Waals surface area contributed by atoms with Gasteiger partial charge in [0.2, 0.25) is 0 Å². The van der Waals surface area contributed by atoms with E-state index >= 15 is 0 Å². The molecule has 0 aliphatic carbocycles. The second-order valence-corrected chi connectivity index (χ2v) is 3.35. The molecule has 0 unspecified atom stereocenters. The summed E-state index contributed by atoms with van der Waals surface area (Å²) >= 11 is 0. The largest absolute Gasteiger partial charge is 0.416 e. The molecule has 3 N–H and O–H groups in total. The molecule has 0 saturated heterocycles. The predicted molar refractivity (Wildman–Crippen MR) is 57.3 cm³/mol. The van der Waals surface area contributed by atoms with E-state index in [4.69, 9.17) is 5.73 Å². The Labute approximate surface area is 97.7 Å². The van der Waals surface area contributed by atoms with Gasteiger partial charge in [0.05, 0.1) is 17.7 Å². The molecule has 0 saturated carbocycles. The van der Waals surface area contributed by atoms with E-state index in [0.717, 1.165) is 6.07 Å². The molecule has 0 aliphatic heterocycles. The van der Waals surface area contributed by atoms with Gasteiger partial charge in [0.15, 0.2) is 0 Å². The van der Waals surface area contributed by atoms with Crippen molar-refractivity contribution in [1.82, 2.24) is 0 Å². The lowest BCUT2D eigenvalue weighted by Crippen LogP contribution is -2.26. The van der Waals surface area contributed by atoms with Gasteiger partial charge < -0.3 is 10.8 Å². The summed E-state index contributed by atoms with van der Waals surface area (Å²) in [5.41, 5.74) is 4.61. The average molecular weight is 256 g/mol. The Morgan fingerprint density at radius 1 is 1.25 bits per heavy atom. The maximum Gasteiger partial charge on any atom is 0.416 e. The van der Waals surface area contributed by atoms with Crippen molar-refractivity contribution in [1.29, 1.82) is 0 Å². The standard InChI is InChI=1S/C10H12F3NO.ClH/c1-6(15)9(14)7-4-2-3-5-8(7)10(11,12)13;/h2-6,9,15H,14H2,1H3;1H/t6-,9-;/m1./s1. The molecule has 2 nitrogen and oxygen atoms in total. The van der Waals surface area contributed by atoms with Gasteiger partial charge in [0.25, 0.3) is 0 Å². The molecule has 6 heteroatoms. The number of alkyl halides is 3. The Balaban J connectivity index is 0.00000225. The van der Waals surface area contributed by atoms with Crippen molar-refractivity contribution in [3.05, 3.63) is 35.4 Å². The van der Waals surface area contributed by atoms with Gasteiger partial charge >= 0.3 is 6.18 Å². The highest BCUT2D eigenvalue weighted by molar-refractivity contribution is 5.85. The molecule has 0 spiro atoms. The number of nitrogens with two attached hydrogens (primary N) is 1. The van der Waals surface area contributed by atoms with Gasteiger partial charge in [-0.3, -0.25) is 0 Å². The van der Waals surface area contributed by atoms with Gasteiger partial charge in [-0.2, -0.15) is 13.2 Å². The van der Waals surface area contributed by atoms with E-state index in [1.165, 1.54) is 25.1 Å². The highest BCUT2D eigenvalue weighted by atomic mass is 35.5. The first-order valence-electron chi connectivity index (χ1n) is 4.44. The monoisotopic (exact) mass is 255 g/mol. The quantitative estimate of drug-likeness (QED) is 0.853. The van der Waals surface area contributed by atoms with Crippen LogP contribution >= 0.6 is 12.4 Å². The van der Waals surface area contributed by atoms with Crippen molar-refractivity contribution in [3.8, 4) is 0 Å². The zero-order valence-electron chi connectivity index (χ0n) is 8.53. The molecule has 0 aliphatic rings. The molecule has 1 rings (SSSR count). The molecule has 0 amide bonds. The highest BCUT2D eigenvalue weighted by Crippen LogP contribution is 2.34. The molecule has 16 heavy (non-hydrogen) atoms.